The van der Waals surface area contributed by atoms with E-state index in [0.717, 1.165) is 114 Å². The topological polar surface area (TPSA) is 237 Å². The van der Waals surface area contributed by atoms with E-state index in [1.54, 1.807) is 0 Å². The first kappa shape index (κ1) is 99.1. The standard InChI is InChI=1S/C82H160O17P2/c1-72(2)58-50-42-34-27-21-15-10-9-11-18-25-31-39-48-56-64-82(87)99-78(69-93-80(85)63-55-47-41-33-37-45-53-61-75(7)8)71-97-101(90,91)95-67-76(83)66-94-100(88,89)96-70-77(68-92-79(84)62-54-46-38-30-24-20-14-17-23-29-36-44-52-60-74(5)6)98-81(86)65-57-49-40-32-26-19-13-12-16-22-28-35-43-51-59-73(3)4/h72-78,83H,9-71H2,1-8H3,(H,88,89)(H,90,91)/t76?,77-,78-/m1/s1. The largest absolute Gasteiger partial charge is 0.472 e. The summed E-state index contributed by atoms with van der Waals surface area (Å²) >= 11 is 0. The van der Waals surface area contributed by atoms with Crippen LogP contribution < -0.4 is 0 Å². The van der Waals surface area contributed by atoms with Gasteiger partial charge in [0, 0.05) is 25.7 Å². The number of rotatable bonds is 79. The van der Waals surface area contributed by atoms with Crippen LogP contribution in [0.1, 0.15) is 421 Å². The van der Waals surface area contributed by atoms with E-state index in [1.165, 1.54) is 218 Å². The summed E-state index contributed by atoms with van der Waals surface area (Å²) in [6.45, 7) is 14.3. The quantitative estimate of drug-likeness (QED) is 0.0222. The van der Waals surface area contributed by atoms with Crippen LogP contribution in [0.15, 0.2) is 0 Å². The Morgan fingerprint density at radius 2 is 0.416 bits per heavy atom. The SMILES string of the molecule is CC(C)CCCCCCCCCCCCCCCCCC(=O)O[C@H](COC(=O)CCCCCCCCCC(C)C)COP(=O)(O)OCC(O)COP(=O)(O)OC[C@@H](COC(=O)CCCCCCCCCCCCCCCC(C)C)OC(=O)CCCCCCCCCCCCCCCCC(C)C. The molecule has 0 fully saturated rings. The van der Waals surface area contributed by atoms with Gasteiger partial charge in [0.05, 0.1) is 26.4 Å². The molecule has 0 amide bonds. The summed E-state index contributed by atoms with van der Waals surface area (Å²) in [5.74, 6) is 0.981. The Morgan fingerprint density at radius 3 is 0.614 bits per heavy atom. The van der Waals surface area contributed by atoms with Gasteiger partial charge in [0.15, 0.2) is 12.2 Å². The van der Waals surface area contributed by atoms with Crippen LogP contribution in [0.2, 0.25) is 0 Å². The Labute approximate surface area is 619 Å². The van der Waals surface area contributed by atoms with Gasteiger partial charge in [0.2, 0.25) is 0 Å². The molecule has 600 valence electrons. The fourth-order valence-electron chi connectivity index (χ4n) is 12.6. The number of carbonyl (C=O) groups excluding carboxylic acids is 4. The number of ether oxygens (including phenoxy) is 4. The third-order valence-corrected chi connectivity index (χ3v) is 21.0. The van der Waals surface area contributed by atoms with Gasteiger partial charge in [0.1, 0.15) is 19.3 Å². The zero-order valence-corrected chi connectivity index (χ0v) is 68.3. The van der Waals surface area contributed by atoms with E-state index >= 15 is 0 Å². The van der Waals surface area contributed by atoms with Crippen LogP contribution in [0.3, 0.4) is 0 Å². The second-order valence-corrected chi connectivity index (χ2v) is 34.3. The molecule has 0 rings (SSSR count). The number of phosphoric acid groups is 2. The van der Waals surface area contributed by atoms with Crippen molar-refractivity contribution in [1.29, 1.82) is 0 Å². The van der Waals surface area contributed by atoms with Crippen LogP contribution in [-0.4, -0.2) is 96.7 Å². The molecule has 0 heterocycles. The maximum absolute atomic E-state index is 13.1. The minimum Gasteiger partial charge on any atom is -0.462 e. The van der Waals surface area contributed by atoms with Crippen molar-refractivity contribution in [2.24, 2.45) is 23.7 Å². The average molecular weight is 1480 g/mol. The minimum atomic E-state index is -4.96. The van der Waals surface area contributed by atoms with E-state index in [-0.39, 0.29) is 25.7 Å². The molecule has 17 nitrogen and oxygen atoms in total. The Kier molecular flexibility index (Phi) is 69.6. The van der Waals surface area contributed by atoms with Crippen molar-refractivity contribution >= 4 is 39.5 Å². The highest BCUT2D eigenvalue weighted by Crippen LogP contribution is 2.45. The maximum atomic E-state index is 13.1. The molecule has 5 atom stereocenters. The molecule has 101 heavy (non-hydrogen) atoms. The number of phosphoric ester groups is 2. The lowest BCUT2D eigenvalue weighted by atomic mass is 10.0. The molecular weight excluding hydrogens is 1320 g/mol. The summed E-state index contributed by atoms with van der Waals surface area (Å²) in [5.41, 5.74) is 0. The lowest BCUT2D eigenvalue weighted by Crippen LogP contribution is -2.30. The van der Waals surface area contributed by atoms with Gasteiger partial charge in [-0.3, -0.25) is 37.3 Å². The highest BCUT2D eigenvalue weighted by Gasteiger charge is 2.30. The number of unbranched alkanes of at least 4 members (excludes halogenated alkanes) is 45. The maximum Gasteiger partial charge on any atom is 0.472 e. The van der Waals surface area contributed by atoms with Gasteiger partial charge in [-0.2, -0.15) is 0 Å². The molecule has 3 N–H and O–H groups in total. The predicted molar refractivity (Wildman–Crippen MR) is 414 cm³/mol. The fraction of sp³-hybridized carbons (Fsp3) is 0.951. The zero-order chi connectivity index (χ0) is 74.6. The zero-order valence-electron chi connectivity index (χ0n) is 66.5. The monoisotopic (exact) mass is 1480 g/mol. The third kappa shape index (κ3) is 76.1. The molecule has 0 aromatic rings. The van der Waals surface area contributed by atoms with Gasteiger partial charge in [-0.25, -0.2) is 9.13 Å². The molecule has 0 saturated heterocycles. The van der Waals surface area contributed by atoms with Gasteiger partial charge in [0.25, 0.3) is 0 Å². The van der Waals surface area contributed by atoms with Gasteiger partial charge < -0.3 is 33.8 Å². The lowest BCUT2D eigenvalue weighted by molar-refractivity contribution is -0.161. The molecule has 0 bridgehead atoms. The average Bonchev–Trinajstić information content (AvgIpc) is 0.934. The number of esters is 4. The van der Waals surface area contributed by atoms with Crippen molar-refractivity contribution in [3.63, 3.8) is 0 Å². The Balaban J connectivity index is 5.24. The molecule has 0 spiro atoms. The van der Waals surface area contributed by atoms with Crippen molar-refractivity contribution in [2.75, 3.05) is 39.6 Å². The van der Waals surface area contributed by atoms with E-state index in [0.29, 0.717) is 31.6 Å². The molecule has 0 saturated carbocycles. The number of hydrogen-bond donors (Lipinski definition) is 3. The Bertz CT molecular complexity index is 1970. The van der Waals surface area contributed by atoms with Gasteiger partial charge in [-0.05, 0) is 49.4 Å². The number of carbonyl (C=O) groups is 4. The van der Waals surface area contributed by atoms with Crippen LogP contribution in [-0.2, 0) is 65.4 Å². The van der Waals surface area contributed by atoms with Crippen molar-refractivity contribution in [3.05, 3.63) is 0 Å². The van der Waals surface area contributed by atoms with Crippen molar-refractivity contribution in [1.82, 2.24) is 0 Å². The Hall–Kier alpha value is -1.94. The summed E-state index contributed by atoms with van der Waals surface area (Å²) in [6, 6.07) is 0. The highest BCUT2D eigenvalue weighted by molar-refractivity contribution is 7.47. The van der Waals surface area contributed by atoms with Crippen LogP contribution >= 0.6 is 15.6 Å². The fourth-order valence-corrected chi connectivity index (χ4v) is 14.2. The summed E-state index contributed by atoms with van der Waals surface area (Å²) in [4.78, 5) is 73.1. The first-order valence-electron chi connectivity index (χ1n) is 42.2. The van der Waals surface area contributed by atoms with Crippen LogP contribution in [0.5, 0.6) is 0 Å². The second kappa shape index (κ2) is 71.0. The van der Waals surface area contributed by atoms with Gasteiger partial charge >= 0.3 is 39.5 Å². The highest BCUT2D eigenvalue weighted by atomic mass is 31.2. The van der Waals surface area contributed by atoms with E-state index in [1.807, 2.05) is 0 Å². The van der Waals surface area contributed by atoms with Crippen molar-refractivity contribution in [2.45, 2.75) is 440 Å². The molecule has 0 aliphatic carbocycles. The van der Waals surface area contributed by atoms with E-state index in [9.17, 15) is 43.2 Å². The van der Waals surface area contributed by atoms with E-state index in [2.05, 4.69) is 55.4 Å². The first-order chi connectivity index (χ1) is 48.6. The third-order valence-electron chi connectivity index (χ3n) is 19.1. The summed E-state index contributed by atoms with van der Waals surface area (Å²) in [6.07, 6.45) is 58.3. The summed E-state index contributed by atoms with van der Waals surface area (Å²) < 4.78 is 68.8. The Morgan fingerprint density at radius 1 is 0.248 bits per heavy atom. The van der Waals surface area contributed by atoms with E-state index < -0.39 is 97.5 Å². The molecule has 0 aliphatic heterocycles. The van der Waals surface area contributed by atoms with Gasteiger partial charge in [-0.1, -0.05) is 370 Å². The number of hydrogen-bond acceptors (Lipinski definition) is 15. The minimum absolute atomic E-state index is 0.107. The molecule has 0 aliphatic rings. The molecule has 3 unspecified atom stereocenters. The molecule has 0 aromatic heterocycles. The number of aliphatic hydroxyl groups excluding tert-OH is 1. The summed E-state index contributed by atoms with van der Waals surface area (Å²) in [7, 11) is -9.92. The molecule has 0 aromatic carbocycles. The first-order valence-corrected chi connectivity index (χ1v) is 45.2. The summed E-state index contributed by atoms with van der Waals surface area (Å²) in [5, 5.41) is 10.7. The second-order valence-electron chi connectivity index (χ2n) is 31.4. The lowest BCUT2D eigenvalue weighted by Gasteiger charge is -2.21. The van der Waals surface area contributed by atoms with Crippen LogP contribution in [0.25, 0.3) is 0 Å². The molecule has 19 heteroatoms. The van der Waals surface area contributed by atoms with Gasteiger partial charge in [-0.15, -0.1) is 0 Å². The van der Waals surface area contributed by atoms with Crippen molar-refractivity contribution < 1.29 is 80.2 Å². The molecular formula is C82H160O17P2. The van der Waals surface area contributed by atoms with E-state index in [4.69, 9.17) is 37.0 Å². The van der Waals surface area contributed by atoms with Crippen LogP contribution in [0, 0.1) is 23.7 Å². The van der Waals surface area contributed by atoms with Crippen molar-refractivity contribution in [3.8, 4) is 0 Å². The van der Waals surface area contributed by atoms with Crippen LogP contribution in [0.4, 0.5) is 0 Å². The smallest absolute Gasteiger partial charge is 0.462 e. The molecule has 0 radical (unpaired) electrons. The number of aliphatic hydroxyl groups is 1. The normalized spacial score (nSPS) is 14.0. The predicted octanol–water partition coefficient (Wildman–Crippen LogP) is 24.4.